The molecule has 1 aromatic heterocycles. The van der Waals surface area contributed by atoms with E-state index in [1.807, 2.05) is 0 Å². The third-order valence-corrected chi connectivity index (χ3v) is 4.12. The van der Waals surface area contributed by atoms with Gasteiger partial charge in [-0.15, -0.1) is 0 Å². The molecule has 0 atom stereocenters. The highest BCUT2D eigenvalue weighted by Gasteiger charge is 2.16. The van der Waals surface area contributed by atoms with Crippen LogP contribution in [0.5, 0.6) is 0 Å². The normalized spacial score (nSPS) is 14.4. The second-order valence-electron chi connectivity index (χ2n) is 5.67. The van der Waals surface area contributed by atoms with Crippen LogP contribution in [-0.4, -0.2) is 53.7 Å². The van der Waals surface area contributed by atoms with Gasteiger partial charge in [0.25, 0.3) is 5.56 Å². The lowest BCUT2D eigenvalue weighted by molar-refractivity contribution is 0.0533. The molecule has 2 heterocycles. The van der Waals surface area contributed by atoms with E-state index in [0.29, 0.717) is 55.8 Å². The molecule has 1 aliphatic heterocycles. The number of halogens is 1. The van der Waals surface area contributed by atoms with Crippen LogP contribution in [-0.2, 0) is 11.2 Å². The lowest BCUT2D eigenvalue weighted by Gasteiger charge is -2.26. The van der Waals surface area contributed by atoms with Gasteiger partial charge < -0.3 is 19.9 Å². The molecule has 25 heavy (non-hydrogen) atoms. The molecule has 2 N–H and O–H groups in total. The Balaban J connectivity index is 1.61. The van der Waals surface area contributed by atoms with E-state index in [1.165, 1.54) is 6.07 Å². The lowest BCUT2D eigenvalue weighted by atomic mass is 10.2. The standard InChI is InChI=1S/C17H19ClN4O3/c18-13-3-1-12(2-4-13)16-20-14(11-15(23)21-16)5-6-19-17(24)22-7-9-25-10-8-22/h1-4,11H,5-10H2,(H,19,24)(H,20,21,23). The topological polar surface area (TPSA) is 87.3 Å². The summed E-state index contributed by atoms with van der Waals surface area (Å²) in [6.45, 7) is 2.72. The Bertz CT molecular complexity index is 785. The van der Waals surface area contributed by atoms with Crippen molar-refractivity contribution in [2.24, 2.45) is 0 Å². The van der Waals surface area contributed by atoms with Crippen molar-refractivity contribution < 1.29 is 9.53 Å². The molecule has 2 aromatic rings. The molecule has 1 fully saturated rings. The number of aromatic amines is 1. The quantitative estimate of drug-likeness (QED) is 0.866. The minimum atomic E-state index is -0.227. The molecule has 132 valence electrons. The maximum Gasteiger partial charge on any atom is 0.317 e. The van der Waals surface area contributed by atoms with E-state index < -0.39 is 0 Å². The number of urea groups is 1. The van der Waals surface area contributed by atoms with Gasteiger partial charge in [-0.1, -0.05) is 11.6 Å². The first-order chi connectivity index (χ1) is 12.1. The van der Waals surface area contributed by atoms with Crippen molar-refractivity contribution in [2.75, 3.05) is 32.8 Å². The second-order valence-corrected chi connectivity index (χ2v) is 6.11. The second kappa shape index (κ2) is 8.13. The Morgan fingerprint density at radius 3 is 2.72 bits per heavy atom. The molecule has 0 saturated carbocycles. The van der Waals surface area contributed by atoms with Gasteiger partial charge in [-0.2, -0.15) is 0 Å². The molecule has 0 bridgehead atoms. The molecule has 0 aliphatic carbocycles. The zero-order valence-corrected chi connectivity index (χ0v) is 14.4. The van der Waals surface area contributed by atoms with Gasteiger partial charge in [-0.3, -0.25) is 4.79 Å². The molecule has 0 spiro atoms. The maximum atomic E-state index is 12.0. The van der Waals surface area contributed by atoms with Gasteiger partial charge in [0.2, 0.25) is 0 Å². The molecule has 1 saturated heterocycles. The fourth-order valence-electron chi connectivity index (χ4n) is 2.56. The fourth-order valence-corrected chi connectivity index (χ4v) is 2.68. The van der Waals surface area contributed by atoms with Gasteiger partial charge in [0.15, 0.2) is 0 Å². The van der Waals surface area contributed by atoms with E-state index in [-0.39, 0.29) is 11.6 Å². The zero-order chi connectivity index (χ0) is 17.6. The van der Waals surface area contributed by atoms with Crippen LogP contribution in [0.1, 0.15) is 5.69 Å². The summed E-state index contributed by atoms with van der Waals surface area (Å²) in [5.41, 5.74) is 1.17. The lowest BCUT2D eigenvalue weighted by Crippen LogP contribution is -2.46. The molecule has 0 unspecified atom stereocenters. The Morgan fingerprint density at radius 2 is 2.00 bits per heavy atom. The predicted molar refractivity (Wildman–Crippen MR) is 94.8 cm³/mol. The van der Waals surface area contributed by atoms with Crippen LogP contribution in [0.3, 0.4) is 0 Å². The summed E-state index contributed by atoms with van der Waals surface area (Å²) in [4.78, 5) is 32.8. The first-order valence-electron chi connectivity index (χ1n) is 8.08. The number of nitrogens with one attached hydrogen (secondary N) is 2. The van der Waals surface area contributed by atoms with Gasteiger partial charge in [0, 0.05) is 42.7 Å². The number of H-pyrrole nitrogens is 1. The largest absolute Gasteiger partial charge is 0.378 e. The number of carbonyl (C=O) groups excluding carboxylic acids is 1. The van der Waals surface area contributed by atoms with Crippen molar-refractivity contribution in [3.63, 3.8) is 0 Å². The minimum Gasteiger partial charge on any atom is -0.378 e. The highest BCUT2D eigenvalue weighted by atomic mass is 35.5. The number of morpholine rings is 1. The average molecular weight is 363 g/mol. The van der Waals surface area contributed by atoms with Crippen molar-refractivity contribution in [1.29, 1.82) is 0 Å². The molecule has 1 aromatic carbocycles. The Morgan fingerprint density at radius 1 is 1.28 bits per heavy atom. The number of rotatable bonds is 4. The van der Waals surface area contributed by atoms with Crippen molar-refractivity contribution in [1.82, 2.24) is 20.2 Å². The van der Waals surface area contributed by atoms with Crippen LogP contribution in [0.15, 0.2) is 35.1 Å². The van der Waals surface area contributed by atoms with Crippen molar-refractivity contribution in [2.45, 2.75) is 6.42 Å². The zero-order valence-electron chi connectivity index (χ0n) is 13.6. The van der Waals surface area contributed by atoms with E-state index in [9.17, 15) is 9.59 Å². The average Bonchev–Trinajstić information content (AvgIpc) is 2.62. The SMILES string of the molecule is O=C(NCCc1cc(=O)[nH]c(-c2ccc(Cl)cc2)n1)N1CCOCC1. The molecule has 1 aliphatic rings. The number of ether oxygens (including phenoxy) is 1. The molecular formula is C17H19ClN4O3. The predicted octanol–water partition coefficient (Wildman–Crippen LogP) is 1.67. The van der Waals surface area contributed by atoms with Crippen LogP contribution in [0.4, 0.5) is 4.79 Å². The third kappa shape index (κ3) is 4.80. The van der Waals surface area contributed by atoms with Crippen LogP contribution in [0.25, 0.3) is 11.4 Å². The van der Waals surface area contributed by atoms with Gasteiger partial charge in [0.05, 0.1) is 18.9 Å². The summed E-state index contributed by atoms with van der Waals surface area (Å²) < 4.78 is 5.22. The van der Waals surface area contributed by atoms with Crippen molar-refractivity contribution >= 4 is 17.6 Å². The first kappa shape index (κ1) is 17.4. The van der Waals surface area contributed by atoms with Gasteiger partial charge in [0.1, 0.15) is 5.82 Å². The first-order valence-corrected chi connectivity index (χ1v) is 8.46. The number of hydrogen-bond acceptors (Lipinski definition) is 4. The maximum absolute atomic E-state index is 12.0. The number of aromatic nitrogens is 2. The number of nitrogens with zero attached hydrogens (tertiary/aromatic N) is 2. The Hall–Kier alpha value is -2.38. The highest BCUT2D eigenvalue weighted by molar-refractivity contribution is 6.30. The third-order valence-electron chi connectivity index (χ3n) is 3.87. The molecule has 0 radical (unpaired) electrons. The van der Waals surface area contributed by atoms with E-state index in [0.717, 1.165) is 5.56 Å². The van der Waals surface area contributed by atoms with E-state index in [1.54, 1.807) is 29.2 Å². The van der Waals surface area contributed by atoms with Crippen LogP contribution >= 0.6 is 11.6 Å². The van der Waals surface area contributed by atoms with Crippen LogP contribution < -0.4 is 10.9 Å². The Labute approximate surface area is 150 Å². The Kier molecular flexibility index (Phi) is 5.67. The molecule has 8 heteroatoms. The number of carbonyl (C=O) groups is 1. The van der Waals surface area contributed by atoms with Crippen LogP contribution in [0.2, 0.25) is 5.02 Å². The molecule has 7 nitrogen and oxygen atoms in total. The van der Waals surface area contributed by atoms with E-state index in [4.69, 9.17) is 16.3 Å². The van der Waals surface area contributed by atoms with Crippen molar-refractivity contribution in [3.05, 3.63) is 51.4 Å². The van der Waals surface area contributed by atoms with Gasteiger partial charge >= 0.3 is 6.03 Å². The summed E-state index contributed by atoms with van der Waals surface area (Å²) in [5, 5.41) is 3.47. The number of benzene rings is 1. The van der Waals surface area contributed by atoms with Gasteiger partial charge in [-0.05, 0) is 24.3 Å². The highest BCUT2D eigenvalue weighted by Crippen LogP contribution is 2.17. The van der Waals surface area contributed by atoms with Crippen LogP contribution in [0, 0.1) is 0 Å². The molecule has 2 amide bonds. The monoisotopic (exact) mass is 362 g/mol. The molecule has 3 rings (SSSR count). The van der Waals surface area contributed by atoms with E-state index in [2.05, 4.69) is 15.3 Å². The molecular weight excluding hydrogens is 344 g/mol. The van der Waals surface area contributed by atoms with Gasteiger partial charge in [-0.25, -0.2) is 9.78 Å². The minimum absolute atomic E-state index is 0.119. The summed E-state index contributed by atoms with van der Waals surface area (Å²) in [7, 11) is 0. The number of amides is 2. The summed E-state index contributed by atoms with van der Waals surface area (Å²) in [5.74, 6) is 0.485. The van der Waals surface area contributed by atoms with Crippen molar-refractivity contribution in [3.8, 4) is 11.4 Å². The van der Waals surface area contributed by atoms with E-state index >= 15 is 0 Å². The summed E-state index contributed by atoms with van der Waals surface area (Å²) >= 11 is 5.88. The fraction of sp³-hybridized carbons (Fsp3) is 0.353. The summed E-state index contributed by atoms with van der Waals surface area (Å²) in [6.07, 6.45) is 0.473. The number of hydrogen-bond donors (Lipinski definition) is 2. The smallest absolute Gasteiger partial charge is 0.317 e. The summed E-state index contributed by atoms with van der Waals surface area (Å²) in [6, 6.07) is 8.40.